The average molecular weight is 382 g/mol. The lowest BCUT2D eigenvalue weighted by molar-refractivity contribution is 0.0591. The number of carbonyl (C=O) groups is 3. The third-order valence-corrected chi connectivity index (χ3v) is 4.67. The Morgan fingerprint density at radius 1 is 0.929 bits per heavy atom. The fourth-order valence-electron chi connectivity index (χ4n) is 3.06. The van der Waals surface area contributed by atoms with Crippen molar-refractivity contribution >= 4 is 23.6 Å². The Morgan fingerprint density at radius 3 is 2.07 bits per heavy atom. The van der Waals surface area contributed by atoms with Gasteiger partial charge in [-0.25, -0.2) is 20.6 Å². The summed E-state index contributed by atoms with van der Waals surface area (Å²) in [7, 11) is 1.27. The molecule has 2 heterocycles. The third-order valence-electron chi connectivity index (χ3n) is 4.67. The van der Waals surface area contributed by atoms with Gasteiger partial charge in [0, 0.05) is 24.8 Å². The lowest BCUT2D eigenvalue weighted by Crippen LogP contribution is -2.42. The monoisotopic (exact) mass is 382 g/mol. The highest BCUT2D eigenvalue weighted by atomic mass is 16.5. The first-order valence-corrected chi connectivity index (χ1v) is 9.04. The normalized spacial score (nSPS) is 13.7. The SMILES string of the molecule is COC(=O)c1ccc(C(=O)N(N)C(=O)c2ccc(N3CCCCC3)nc2)cc1. The molecule has 3 rings (SSSR count). The molecule has 146 valence electrons. The molecule has 1 aromatic heterocycles. The zero-order chi connectivity index (χ0) is 20.1. The number of hydrazine groups is 1. The van der Waals surface area contributed by atoms with Crippen LogP contribution in [-0.4, -0.2) is 48.0 Å². The van der Waals surface area contributed by atoms with Crippen LogP contribution in [0.4, 0.5) is 5.82 Å². The van der Waals surface area contributed by atoms with E-state index in [-0.39, 0.29) is 11.1 Å². The zero-order valence-corrected chi connectivity index (χ0v) is 15.6. The van der Waals surface area contributed by atoms with Crippen LogP contribution < -0.4 is 10.7 Å². The van der Waals surface area contributed by atoms with Gasteiger partial charge in [-0.15, -0.1) is 0 Å². The number of amides is 2. The van der Waals surface area contributed by atoms with Crippen LogP contribution in [0.3, 0.4) is 0 Å². The van der Waals surface area contributed by atoms with Crippen LogP contribution in [0.15, 0.2) is 42.6 Å². The Kier molecular flexibility index (Phi) is 6.00. The van der Waals surface area contributed by atoms with E-state index in [1.807, 2.05) is 0 Å². The predicted molar refractivity (Wildman–Crippen MR) is 103 cm³/mol. The van der Waals surface area contributed by atoms with Gasteiger partial charge in [0.1, 0.15) is 5.82 Å². The van der Waals surface area contributed by atoms with Gasteiger partial charge >= 0.3 is 5.97 Å². The molecule has 0 spiro atoms. The summed E-state index contributed by atoms with van der Waals surface area (Å²) in [4.78, 5) is 42.9. The fourth-order valence-corrected chi connectivity index (χ4v) is 3.06. The van der Waals surface area contributed by atoms with E-state index in [4.69, 9.17) is 5.84 Å². The van der Waals surface area contributed by atoms with Crippen molar-refractivity contribution in [2.45, 2.75) is 19.3 Å². The number of carbonyl (C=O) groups excluding carboxylic acids is 3. The van der Waals surface area contributed by atoms with Gasteiger partial charge in [0.05, 0.1) is 18.2 Å². The van der Waals surface area contributed by atoms with Gasteiger partial charge in [-0.1, -0.05) is 0 Å². The van der Waals surface area contributed by atoms with Gasteiger partial charge < -0.3 is 9.64 Å². The largest absolute Gasteiger partial charge is 0.465 e. The molecule has 1 saturated heterocycles. The Morgan fingerprint density at radius 2 is 1.50 bits per heavy atom. The van der Waals surface area contributed by atoms with E-state index in [0.717, 1.165) is 31.7 Å². The summed E-state index contributed by atoms with van der Waals surface area (Å²) in [5, 5.41) is 0.546. The van der Waals surface area contributed by atoms with Crippen molar-refractivity contribution in [1.82, 2.24) is 9.99 Å². The summed E-state index contributed by atoms with van der Waals surface area (Å²) in [6.45, 7) is 1.90. The van der Waals surface area contributed by atoms with Crippen molar-refractivity contribution in [3.63, 3.8) is 0 Å². The molecule has 1 aliphatic heterocycles. The predicted octanol–water partition coefficient (Wildman–Crippen LogP) is 2.01. The summed E-state index contributed by atoms with van der Waals surface area (Å²) in [6, 6.07) is 9.09. The molecule has 0 atom stereocenters. The number of esters is 1. The highest BCUT2D eigenvalue weighted by molar-refractivity contribution is 6.09. The van der Waals surface area contributed by atoms with Crippen molar-refractivity contribution in [2.24, 2.45) is 5.84 Å². The average Bonchev–Trinajstić information content (AvgIpc) is 2.78. The lowest BCUT2D eigenvalue weighted by atomic mass is 10.1. The van der Waals surface area contributed by atoms with Crippen molar-refractivity contribution in [3.8, 4) is 0 Å². The fraction of sp³-hybridized carbons (Fsp3) is 0.300. The number of rotatable bonds is 4. The first kappa shape index (κ1) is 19.5. The molecule has 2 N–H and O–H groups in total. The van der Waals surface area contributed by atoms with Crippen molar-refractivity contribution in [2.75, 3.05) is 25.1 Å². The Bertz CT molecular complexity index is 859. The van der Waals surface area contributed by atoms with E-state index < -0.39 is 17.8 Å². The maximum Gasteiger partial charge on any atom is 0.337 e. The third kappa shape index (κ3) is 4.17. The molecule has 8 heteroatoms. The van der Waals surface area contributed by atoms with E-state index in [2.05, 4.69) is 14.6 Å². The van der Waals surface area contributed by atoms with Gasteiger partial charge in [0.25, 0.3) is 11.8 Å². The molecule has 0 saturated carbocycles. The highest BCUT2D eigenvalue weighted by Crippen LogP contribution is 2.18. The molecule has 2 amide bonds. The molecule has 0 aliphatic carbocycles. The minimum atomic E-state index is -0.679. The van der Waals surface area contributed by atoms with E-state index in [1.165, 1.54) is 44.0 Å². The number of hydrogen-bond acceptors (Lipinski definition) is 7. The number of nitrogens with two attached hydrogens (primary N) is 1. The molecule has 8 nitrogen and oxygen atoms in total. The maximum atomic E-state index is 12.5. The number of piperidine rings is 1. The van der Waals surface area contributed by atoms with E-state index in [0.29, 0.717) is 10.6 Å². The van der Waals surface area contributed by atoms with Crippen LogP contribution in [0.1, 0.15) is 50.3 Å². The highest BCUT2D eigenvalue weighted by Gasteiger charge is 2.22. The van der Waals surface area contributed by atoms with Gasteiger partial charge in [-0.05, 0) is 55.7 Å². The number of pyridine rings is 1. The standard InChI is InChI=1S/C20H22N4O4/c1-28-20(27)15-7-5-14(6-8-15)18(25)24(21)19(26)16-9-10-17(22-13-16)23-11-3-2-4-12-23/h5-10,13H,2-4,11-12,21H2,1H3. The van der Waals surface area contributed by atoms with E-state index in [9.17, 15) is 14.4 Å². The summed E-state index contributed by atoms with van der Waals surface area (Å²) < 4.78 is 4.61. The minimum Gasteiger partial charge on any atom is -0.465 e. The maximum absolute atomic E-state index is 12.5. The molecule has 2 aromatic rings. The van der Waals surface area contributed by atoms with Crippen molar-refractivity contribution < 1.29 is 19.1 Å². The molecule has 28 heavy (non-hydrogen) atoms. The van der Waals surface area contributed by atoms with Crippen LogP contribution in [0.2, 0.25) is 0 Å². The molecule has 0 bridgehead atoms. The Hall–Kier alpha value is -3.26. The van der Waals surface area contributed by atoms with Gasteiger partial charge in [0.15, 0.2) is 0 Å². The first-order valence-electron chi connectivity index (χ1n) is 9.04. The Labute approximate surface area is 162 Å². The molecular formula is C20H22N4O4. The number of methoxy groups -OCH3 is 1. The van der Waals surface area contributed by atoms with Gasteiger partial charge in [0.2, 0.25) is 0 Å². The second-order valence-electron chi connectivity index (χ2n) is 6.50. The Balaban J connectivity index is 1.69. The lowest BCUT2D eigenvalue weighted by Gasteiger charge is -2.27. The number of aromatic nitrogens is 1. The van der Waals surface area contributed by atoms with E-state index >= 15 is 0 Å². The van der Waals surface area contributed by atoms with Crippen LogP contribution in [0.25, 0.3) is 0 Å². The quantitative estimate of drug-likeness (QED) is 0.283. The zero-order valence-electron chi connectivity index (χ0n) is 15.6. The molecule has 1 fully saturated rings. The molecule has 0 unspecified atom stereocenters. The van der Waals surface area contributed by atoms with Crippen molar-refractivity contribution in [1.29, 1.82) is 0 Å². The second kappa shape index (κ2) is 8.62. The van der Waals surface area contributed by atoms with Crippen LogP contribution in [-0.2, 0) is 4.74 Å². The van der Waals surface area contributed by atoms with Crippen LogP contribution >= 0.6 is 0 Å². The molecule has 1 aliphatic rings. The number of nitrogens with zero attached hydrogens (tertiary/aromatic N) is 3. The molecule has 0 radical (unpaired) electrons. The first-order chi connectivity index (χ1) is 13.5. The number of ether oxygens (including phenoxy) is 1. The number of benzene rings is 1. The van der Waals surface area contributed by atoms with Crippen LogP contribution in [0.5, 0.6) is 0 Å². The summed E-state index contributed by atoms with van der Waals surface area (Å²) in [5.41, 5.74) is 0.704. The molecule has 1 aromatic carbocycles. The number of imide groups is 1. The number of hydrogen-bond donors (Lipinski definition) is 1. The summed E-state index contributed by atoms with van der Waals surface area (Å²) >= 11 is 0. The number of anilines is 1. The van der Waals surface area contributed by atoms with Crippen LogP contribution in [0, 0.1) is 0 Å². The van der Waals surface area contributed by atoms with E-state index in [1.54, 1.807) is 12.1 Å². The van der Waals surface area contributed by atoms with Gasteiger partial charge in [-0.3, -0.25) is 9.59 Å². The smallest absolute Gasteiger partial charge is 0.337 e. The van der Waals surface area contributed by atoms with Crippen molar-refractivity contribution in [3.05, 3.63) is 59.3 Å². The summed E-state index contributed by atoms with van der Waals surface area (Å²) in [6.07, 6.45) is 4.90. The molecular weight excluding hydrogens is 360 g/mol. The minimum absolute atomic E-state index is 0.182. The topological polar surface area (TPSA) is 106 Å². The van der Waals surface area contributed by atoms with Gasteiger partial charge in [-0.2, -0.15) is 0 Å². The summed E-state index contributed by atoms with van der Waals surface area (Å²) in [5.74, 6) is 4.70. The second-order valence-corrected chi connectivity index (χ2v) is 6.50.